The molecule has 4 fully saturated rings. The molecule has 0 radical (unpaired) electrons. The molecule has 0 aliphatic heterocycles. The van der Waals surface area contributed by atoms with Crippen molar-refractivity contribution in [3.8, 4) is 0 Å². The molecule has 2 heteroatoms. The van der Waals surface area contributed by atoms with Crippen molar-refractivity contribution in [2.75, 3.05) is 0 Å². The van der Waals surface area contributed by atoms with Gasteiger partial charge < -0.3 is 10.2 Å². The van der Waals surface area contributed by atoms with Gasteiger partial charge in [-0.2, -0.15) is 0 Å². The van der Waals surface area contributed by atoms with Crippen LogP contribution < -0.4 is 0 Å². The first kappa shape index (κ1) is 18.3. The van der Waals surface area contributed by atoms with Crippen molar-refractivity contribution in [2.45, 2.75) is 91.8 Å². The first-order chi connectivity index (χ1) is 11.7. The second-order valence-electron chi connectivity index (χ2n) is 11.2. The zero-order valence-electron chi connectivity index (χ0n) is 17.0. The van der Waals surface area contributed by atoms with E-state index >= 15 is 0 Å². The van der Waals surface area contributed by atoms with Gasteiger partial charge in [-0.3, -0.25) is 0 Å². The number of aliphatic hydroxyl groups is 2. The fourth-order valence-electron chi connectivity index (χ4n) is 8.52. The van der Waals surface area contributed by atoms with E-state index < -0.39 is 0 Å². The summed E-state index contributed by atoms with van der Waals surface area (Å²) in [6.07, 6.45) is 7.98. The summed E-state index contributed by atoms with van der Waals surface area (Å²) < 4.78 is 0. The van der Waals surface area contributed by atoms with Crippen molar-refractivity contribution in [1.82, 2.24) is 0 Å². The molecule has 10 unspecified atom stereocenters. The molecule has 0 spiro atoms. The Labute approximate surface area is 154 Å². The van der Waals surface area contributed by atoms with Crippen LogP contribution in [0.15, 0.2) is 0 Å². The molecule has 4 saturated carbocycles. The van der Waals surface area contributed by atoms with E-state index in [1.165, 1.54) is 32.1 Å². The smallest absolute Gasteiger partial charge is 0.0602 e. The Morgan fingerprint density at radius 1 is 0.920 bits per heavy atom. The molecule has 10 atom stereocenters. The van der Waals surface area contributed by atoms with Gasteiger partial charge in [-0.05, 0) is 90.8 Å². The highest BCUT2D eigenvalue weighted by Gasteiger charge is 2.65. The normalized spacial score (nSPS) is 58.6. The van der Waals surface area contributed by atoms with Crippen LogP contribution in [0.3, 0.4) is 0 Å². The Balaban J connectivity index is 1.70. The van der Waals surface area contributed by atoms with Gasteiger partial charge in [-0.1, -0.05) is 41.0 Å². The number of fused-ring (bicyclic) bond motifs is 5. The SMILES string of the molecule is CC1CCC2(C)C(C1)CC(O)C1C2CC(O)C2(C)C(C(C)C)CCC12. The van der Waals surface area contributed by atoms with Crippen molar-refractivity contribution in [1.29, 1.82) is 0 Å². The van der Waals surface area contributed by atoms with Gasteiger partial charge in [-0.15, -0.1) is 0 Å². The van der Waals surface area contributed by atoms with Crippen molar-refractivity contribution < 1.29 is 10.2 Å². The molecule has 0 aromatic carbocycles. The average molecular weight is 349 g/mol. The van der Waals surface area contributed by atoms with Crippen LogP contribution in [0.4, 0.5) is 0 Å². The summed E-state index contributed by atoms with van der Waals surface area (Å²) in [6, 6.07) is 0. The van der Waals surface area contributed by atoms with Crippen LogP contribution >= 0.6 is 0 Å². The molecule has 0 heterocycles. The minimum absolute atomic E-state index is 0.0153. The van der Waals surface area contributed by atoms with Crippen LogP contribution in [0.2, 0.25) is 0 Å². The van der Waals surface area contributed by atoms with Crippen LogP contribution in [0.25, 0.3) is 0 Å². The Bertz CT molecular complexity index is 516. The zero-order valence-corrected chi connectivity index (χ0v) is 17.0. The third-order valence-electron chi connectivity index (χ3n) is 9.93. The maximum atomic E-state index is 11.4. The largest absolute Gasteiger partial charge is 0.393 e. The topological polar surface area (TPSA) is 40.5 Å². The van der Waals surface area contributed by atoms with E-state index in [0.717, 1.165) is 18.8 Å². The molecule has 25 heavy (non-hydrogen) atoms. The lowest BCUT2D eigenvalue weighted by Gasteiger charge is -2.63. The van der Waals surface area contributed by atoms with Crippen LogP contribution in [0.5, 0.6) is 0 Å². The van der Waals surface area contributed by atoms with Crippen molar-refractivity contribution >= 4 is 0 Å². The summed E-state index contributed by atoms with van der Waals surface area (Å²) in [6.45, 7) is 11.9. The number of aliphatic hydroxyl groups excluding tert-OH is 2. The van der Waals surface area contributed by atoms with Gasteiger partial charge in [-0.25, -0.2) is 0 Å². The minimum Gasteiger partial charge on any atom is -0.393 e. The average Bonchev–Trinajstić information content (AvgIpc) is 2.89. The third-order valence-corrected chi connectivity index (χ3v) is 9.93. The van der Waals surface area contributed by atoms with E-state index in [9.17, 15) is 10.2 Å². The van der Waals surface area contributed by atoms with Crippen molar-refractivity contribution in [3.05, 3.63) is 0 Å². The summed E-state index contributed by atoms with van der Waals surface area (Å²) in [5, 5.41) is 22.6. The Kier molecular flexibility index (Phi) is 4.36. The van der Waals surface area contributed by atoms with Crippen molar-refractivity contribution in [2.24, 2.45) is 52.3 Å². The van der Waals surface area contributed by atoms with Gasteiger partial charge in [0.1, 0.15) is 0 Å². The second kappa shape index (κ2) is 5.96. The van der Waals surface area contributed by atoms with Gasteiger partial charge in [0.2, 0.25) is 0 Å². The summed E-state index contributed by atoms with van der Waals surface area (Å²) in [5.74, 6) is 4.16. The van der Waals surface area contributed by atoms with E-state index in [4.69, 9.17) is 0 Å². The molecule has 4 aliphatic carbocycles. The predicted octanol–water partition coefficient (Wildman–Crippen LogP) is 4.88. The molecule has 0 amide bonds. The highest BCUT2D eigenvalue weighted by Crippen LogP contribution is 2.68. The first-order valence-electron chi connectivity index (χ1n) is 11.1. The lowest BCUT2D eigenvalue weighted by Crippen LogP contribution is -2.62. The summed E-state index contributed by atoms with van der Waals surface area (Å²) >= 11 is 0. The zero-order chi connectivity index (χ0) is 18.1. The monoisotopic (exact) mass is 348 g/mol. The fourth-order valence-corrected chi connectivity index (χ4v) is 8.52. The molecular weight excluding hydrogens is 308 g/mol. The van der Waals surface area contributed by atoms with Crippen LogP contribution in [-0.2, 0) is 0 Å². The molecule has 4 rings (SSSR count). The Morgan fingerprint density at radius 2 is 1.64 bits per heavy atom. The van der Waals surface area contributed by atoms with E-state index in [0.29, 0.717) is 40.9 Å². The molecule has 4 aliphatic rings. The molecule has 0 bridgehead atoms. The molecular formula is C23H40O2. The van der Waals surface area contributed by atoms with Gasteiger partial charge in [0.15, 0.2) is 0 Å². The van der Waals surface area contributed by atoms with E-state index in [2.05, 4.69) is 34.6 Å². The van der Waals surface area contributed by atoms with Gasteiger partial charge in [0.05, 0.1) is 12.2 Å². The highest BCUT2D eigenvalue weighted by atomic mass is 16.3. The molecule has 0 aromatic heterocycles. The van der Waals surface area contributed by atoms with Crippen LogP contribution in [-0.4, -0.2) is 22.4 Å². The molecule has 0 saturated heterocycles. The number of hydrogen-bond acceptors (Lipinski definition) is 2. The quantitative estimate of drug-likeness (QED) is 0.709. The van der Waals surface area contributed by atoms with E-state index in [1.807, 2.05) is 0 Å². The Hall–Kier alpha value is -0.0800. The molecule has 2 nitrogen and oxygen atoms in total. The molecule has 2 N–H and O–H groups in total. The first-order valence-corrected chi connectivity index (χ1v) is 11.1. The van der Waals surface area contributed by atoms with Gasteiger partial charge in [0.25, 0.3) is 0 Å². The third kappa shape index (κ3) is 2.42. The summed E-state index contributed by atoms with van der Waals surface area (Å²) in [7, 11) is 0. The summed E-state index contributed by atoms with van der Waals surface area (Å²) in [4.78, 5) is 0. The van der Waals surface area contributed by atoms with Gasteiger partial charge in [0, 0.05) is 0 Å². The van der Waals surface area contributed by atoms with Crippen molar-refractivity contribution in [3.63, 3.8) is 0 Å². The van der Waals surface area contributed by atoms with Crippen LogP contribution in [0.1, 0.15) is 79.6 Å². The fraction of sp³-hybridized carbons (Fsp3) is 1.00. The summed E-state index contributed by atoms with van der Waals surface area (Å²) in [5.41, 5.74) is 0.357. The number of hydrogen-bond donors (Lipinski definition) is 2. The Morgan fingerprint density at radius 3 is 2.32 bits per heavy atom. The lowest BCUT2D eigenvalue weighted by molar-refractivity contribution is -0.203. The molecule has 0 aromatic rings. The predicted molar refractivity (Wildman–Crippen MR) is 102 cm³/mol. The number of rotatable bonds is 1. The van der Waals surface area contributed by atoms with Gasteiger partial charge >= 0.3 is 0 Å². The maximum Gasteiger partial charge on any atom is 0.0602 e. The van der Waals surface area contributed by atoms with E-state index in [-0.39, 0.29) is 17.6 Å². The lowest BCUT2D eigenvalue weighted by atomic mass is 9.42. The standard InChI is InChI=1S/C23H40O2/c1-13(2)16-6-7-17-21-18(12-20(25)23(16,17)5)22(4)9-8-14(3)10-15(22)11-19(21)24/h13-21,24-25H,6-12H2,1-5H3. The molecule has 144 valence electrons. The highest BCUT2D eigenvalue weighted by molar-refractivity contribution is 5.14. The van der Waals surface area contributed by atoms with Crippen LogP contribution in [0, 0.1) is 52.3 Å². The van der Waals surface area contributed by atoms with E-state index in [1.54, 1.807) is 0 Å². The maximum absolute atomic E-state index is 11.4. The minimum atomic E-state index is -0.184. The second-order valence-corrected chi connectivity index (χ2v) is 11.2.